The van der Waals surface area contributed by atoms with Gasteiger partial charge in [0.05, 0.1) is 15.6 Å². The van der Waals surface area contributed by atoms with E-state index >= 15 is 0 Å². The summed E-state index contributed by atoms with van der Waals surface area (Å²) in [4.78, 5) is 43.3. The summed E-state index contributed by atoms with van der Waals surface area (Å²) in [5, 5.41) is 13.3. The first-order chi connectivity index (χ1) is 20.4. The summed E-state index contributed by atoms with van der Waals surface area (Å²) in [6.07, 6.45) is 14.8. The Morgan fingerprint density at radius 1 is 0.976 bits per heavy atom. The van der Waals surface area contributed by atoms with Crippen molar-refractivity contribution >= 4 is 52.2 Å². The second kappa shape index (κ2) is 10.6. The van der Waals surface area contributed by atoms with Gasteiger partial charge < -0.3 is 15.3 Å². The summed E-state index contributed by atoms with van der Waals surface area (Å²) >= 11 is 8.14. The fourth-order valence-electron chi connectivity index (χ4n) is 6.26. The smallest absolute Gasteiger partial charge is 0.274 e. The van der Waals surface area contributed by atoms with Crippen molar-refractivity contribution in [1.82, 2.24) is 23.8 Å². The first kappa shape index (κ1) is 26.8. The second-order valence-electron chi connectivity index (χ2n) is 11.0. The normalized spacial score (nSPS) is 16.5. The number of imidazole rings is 1. The molecule has 10 nitrogen and oxygen atoms in total. The number of halogens is 1. The van der Waals surface area contributed by atoms with Crippen LogP contribution in [-0.4, -0.2) is 47.9 Å². The highest BCUT2D eigenvalue weighted by Gasteiger charge is 2.37. The number of nitrogens with one attached hydrogen (secondary N) is 1. The Balaban J connectivity index is 1.13. The van der Waals surface area contributed by atoms with E-state index in [4.69, 9.17) is 16.6 Å². The molecule has 1 aromatic carbocycles. The monoisotopic (exact) mass is 601 g/mol. The summed E-state index contributed by atoms with van der Waals surface area (Å²) in [6, 6.07) is 10.1. The fourth-order valence-corrected chi connectivity index (χ4v) is 7.48. The second-order valence-corrected chi connectivity index (χ2v) is 12.4. The van der Waals surface area contributed by atoms with Crippen LogP contribution in [0.5, 0.6) is 5.88 Å². The molecule has 1 spiro atoms. The van der Waals surface area contributed by atoms with Crippen molar-refractivity contribution in [3.8, 4) is 5.88 Å². The van der Waals surface area contributed by atoms with Gasteiger partial charge in [0, 0.05) is 42.8 Å². The fraction of sp³-hybridized carbons (Fsp3) is 0.300. The number of pyridine rings is 1. The van der Waals surface area contributed by atoms with Crippen LogP contribution in [0.1, 0.15) is 48.9 Å². The van der Waals surface area contributed by atoms with Crippen LogP contribution in [0.25, 0.3) is 11.3 Å². The Hall–Kier alpha value is -4.09. The van der Waals surface area contributed by atoms with Crippen LogP contribution < -0.4 is 15.8 Å². The predicted molar refractivity (Wildman–Crippen MR) is 162 cm³/mol. The van der Waals surface area contributed by atoms with Crippen LogP contribution in [0.4, 0.5) is 11.6 Å². The van der Waals surface area contributed by atoms with E-state index in [0.717, 1.165) is 29.6 Å². The highest BCUT2D eigenvalue weighted by Crippen LogP contribution is 2.47. The van der Waals surface area contributed by atoms with E-state index in [9.17, 15) is 14.7 Å². The molecule has 1 saturated carbocycles. The molecule has 2 fully saturated rings. The molecule has 1 saturated heterocycles. The molecule has 42 heavy (non-hydrogen) atoms. The van der Waals surface area contributed by atoms with Crippen LogP contribution in [0.2, 0.25) is 5.02 Å². The zero-order chi connectivity index (χ0) is 28.8. The molecule has 0 bridgehead atoms. The van der Waals surface area contributed by atoms with Crippen LogP contribution in [0, 0.1) is 5.41 Å². The Morgan fingerprint density at radius 3 is 2.60 bits per heavy atom. The van der Waals surface area contributed by atoms with Gasteiger partial charge in [-0.25, -0.2) is 9.97 Å². The number of aromatic nitrogens is 5. The molecule has 1 amide bonds. The van der Waals surface area contributed by atoms with E-state index in [1.165, 1.54) is 60.9 Å². The Bertz CT molecular complexity index is 1890. The van der Waals surface area contributed by atoms with Crippen LogP contribution in [0.15, 0.2) is 75.8 Å². The van der Waals surface area contributed by atoms with E-state index in [-0.39, 0.29) is 10.7 Å². The number of anilines is 2. The van der Waals surface area contributed by atoms with Gasteiger partial charge in [0.25, 0.3) is 11.5 Å². The number of benzene rings is 1. The maximum atomic E-state index is 13.1. The molecule has 0 radical (unpaired) electrons. The minimum absolute atomic E-state index is 0.232. The van der Waals surface area contributed by atoms with Crippen LogP contribution >= 0.6 is 23.4 Å². The van der Waals surface area contributed by atoms with Crippen molar-refractivity contribution < 1.29 is 9.90 Å². The minimum Gasteiger partial charge on any atom is -0.493 e. The van der Waals surface area contributed by atoms with Gasteiger partial charge in [-0.1, -0.05) is 48.3 Å². The maximum absolute atomic E-state index is 13.1. The van der Waals surface area contributed by atoms with Crippen molar-refractivity contribution in [3.05, 3.63) is 82.1 Å². The zero-order valence-electron chi connectivity index (χ0n) is 22.7. The molecule has 7 rings (SSSR count). The number of carbonyl (C=O) groups excluding carboxylic acids is 1. The first-order valence-corrected chi connectivity index (χ1v) is 15.2. The van der Waals surface area contributed by atoms with Gasteiger partial charge in [0.2, 0.25) is 11.8 Å². The van der Waals surface area contributed by atoms with Gasteiger partial charge in [0.1, 0.15) is 5.65 Å². The molecule has 1 aliphatic carbocycles. The van der Waals surface area contributed by atoms with Gasteiger partial charge in [-0.2, -0.15) is 4.98 Å². The highest BCUT2D eigenvalue weighted by molar-refractivity contribution is 7.99. The standard InChI is InChI=1S/C30H28ClN7O3S/c31-24-19(34-26(39)23-27(40)35-22-8-1-4-14-37(22)28(23)41)6-5-7-20(24)42-21-18-33-29(38-17-13-32-25(21)38)36-15-11-30(12-16-36)9-2-3-10-30/h1,4-8,13-14,17-18,40H,2-3,9-12,15-16H2,(H,34,39). The lowest BCUT2D eigenvalue weighted by atomic mass is 9.77. The number of carbonyl (C=O) groups is 1. The Morgan fingerprint density at radius 2 is 1.79 bits per heavy atom. The lowest BCUT2D eigenvalue weighted by Crippen LogP contribution is -2.40. The number of nitrogens with zero attached hydrogens (tertiary/aromatic N) is 6. The van der Waals surface area contributed by atoms with Crippen LogP contribution in [0.3, 0.4) is 0 Å². The minimum atomic E-state index is -0.810. The van der Waals surface area contributed by atoms with Gasteiger partial charge >= 0.3 is 0 Å². The third-order valence-electron chi connectivity index (χ3n) is 8.52. The van der Waals surface area contributed by atoms with Crippen molar-refractivity contribution in [2.24, 2.45) is 5.41 Å². The molecule has 0 unspecified atom stereocenters. The molecule has 2 N–H and O–H groups in total. The summed E-state index contributed by atoms with van der Waals surface area (Å²) in [6.45, 7) is 1.98. The van der Waals surface area contributed by atoms with E-state index in [2.05, 4.69) is 20.2 Å². The summed E-state index contributed by atoms with van der Waals surface area (Å²) in [5.74, 6) is -0.567. The summed E-state index contributed by atoms with van der Waals surface area (Å²) < 4.78 is 3.23. The average molecular weight is 602 g/mol. The molecule has 4 aromatic heterocycles. The predicted octanol–water partition coefficient (Wildman–Crippen LogP) is 5.66. The number of aromatic hydroxyl groups is 1. The topological polar surface area (TPSA) is 117 Å². The number of hydrogen-bond acceptors (Lipinski definition) is 8. The molecule has 5 aromatic rings. The molecule has 12 heteroatoms. The van der Waals surface area contributed by atoms with Gasteiger partial charge in [-0.05, 0) is 55.4 Å². The molecular weight excluding hydrogens is 574 g/mol. The Labute approximate surface area is 250 Å². The number of piperidine rings is 1. The average Bonchev–Trinajstić information content (AvgIpc) is 3.67. The number of rotatable bonds is 5. The molecule has 1 aliphatic heterocycles. The van der Waals surface area contributed by atoms with Gasteiger partial charge in [-0.15, -0.1) is 0 Å². The molecule has 0 atom stereocenters. The third kappa shape index (κ3) is 4.66. The molecular formula is C30H28ClN7O3S. The van der Waals surface area contributed by atoms with E-state index in [0.29, 0.717) is 16.0 Å². The number of amides is 1. The van der Waals surface area contributed by atoms with E-state index < -0.39 is 22.9 Å². The highest BCUT2D eigenvalue weighted by atomic mass is 35.5. The molecule has 5 heterocycles. The largest absolute Gasteiger partial charge is 0.493 e. The van der Waals surface area contributed by atoms with E-state index in [1.54, 1.807) is 36.5 Å². The van der Waals surface area contributed by atoms with E-state index in [1.807, 2.05) is 22.9 Å². The SMILES string of the molecule is O=C(Nc1cccc(Sc2cnc(N3CCC4(CCCC4)CC3)n3ccnc23)c1Cl)c1c(O)nc2ccccn2c1=O. The van der Waals surface area contributed by atoms with Crippen molar-refractivity contribution in [2.75, 3.05) is 23.3 Å². The van der Waals surface area contributed by atoms with Crippen molar-refractivity contribution in [1.29, 1.82) is 0 Å². The molecule has 214 valence electrons. The van der Waals surface area contributed by atoms with Crippen molar-refractivity contribution in [2.45, 2.75) is 48.3 Å². The molecule has 2 aliphatic rings. The zero-order valence-corrected chi connectivity index (χ0v) is 24.2. The third-order valence-corrected chi connectivity index (χ3v) is 10.1. The maximum Gasteiger partial charge on any atom is 0.274 e. The van der Waals surface area contributed by atoms with Gasteiger partial charge in [0.15, 0.2) is 11.2 Å². The lowest BCUT2D eigenvalue weighted by Gasteiger charge is -2.39. The lowest BCUT2D eigenvalue weighted by molar-refractivity contribution is 0.102. The summed E-state index contributed by atoms with van der Waals surface area (Å²) in [5.41, 5.74) is 0.671. The van der Waals surface area contributed by atoms with Gasteiger partial charge in [-0.3, -0.25) is 18.4 Å². The first-order valence-electron chi connectivity index (χ1n) is 14.0. The number of hydrogen-bond donors (Lipinski definition) is 2. The number of fused-ring (bicyclic) bond motifs is 2. The quantitative estimate of drug-likeness (QED) is 0.265. The summed E-state index contributed by atoms with van der Waals surface area (Å²) in [7, 11) is 0. The Kier molecular flexibility index (Phi) is 6.78. The van der Waals surface area contributed by atoms with Crippen LogP contribution in [-0.2, 0) is 0 Å². The van der Waals surface area contributed by atoms with Crippen molar-refractivity contribution in [3.63, 3.8) is 0 Å².